The lowest BCUT2D eigenvalue weighted by atomic mass is 10.1. The van der Waals surface area contributed by atoms with Crippen molar-refractivity contribution in [2.45, 2.75) is 19.5 Å². The summed E-state index contributed by atoms with van der Waals surface area (Å²) in [6.07, 6.45) is -4.02. The number of anilines is 2. The monoisotopic (exact) mass is 370 g/mol. The zero-order valence-corrected chi connectivity index (χ0v) is 13.8. The highest BCUT2D eigenvalue weighted by Crippen LogP contribution is 2.36. The van der Waals surface area contributed by atoms with Gasteiger partial charge in [-0.1, -0.05) is 36.7 Å². The van der Waals surface area contributed by atoms with Crippen molar-refractivity contribution >= 4 is 34.8 Å². The first kappa shape index (κ1) is 18.8. The molecule has 0 bridgehead atoms. The van der Waals surface area contributed by atoms with E-state index in [0.29, 0.717) is 18.2 Å². The zero-order valence-electron chi connectivity index (χ0n) is 13.1. The third kappa shape index (κ3) is 4.73. The summed E-state index contributed by atoms with van der Waals surface area (Å²) in [6.45, 7) is 1.89. The van der Waals surface area contributed by atoms with Gasteiger partial charge < -0.3 is 10.6 Å². The number of rotatable bonds is 3. The van der Waals surface area contributed by atoms with Gasteiger partial charge in [-0.15, -0.1) is 0 Å². The van der Waals surface area contributed by atoms with Gasteiger partial charge in [0.05, 0.1) is 10.6 Å². The Morgan fingerprint density at radius 3 is 2.32 bits per heavy atom. The lowest BCUT2D eigenvalue weighted by Gasteiger charge is -2.12. The molecule has 2 N–H and O–H groups in total. The molecule has 0 aliphatic rings. The Bertz CT molecular complexity index is 807. The normalized spacial score (nSPS) is 11.1. The van der Waals surface area contributed by atoms with Crippen molar-refractivity contribution in [3.05, 3.63) is 58.6 Å². The molecule has 132 valence electrons. The first-order chi connectivity index (χ1) is 11.7. The highest BCUT2D eigenvalue weighted by atomic mass is 35.5. The second-order valence-electron chi connectivity index (χ2n) is 5.11. The van der Waals surface area contributed by atoms with E-state index < -0.39 is 28.6 Å². The van der Waals surface area contributed by atoms with Crippen molar-refractivity contribution in [1.82, 2.24) is 0 Å². The first-order valence-electron chi connectivity index (χ1n) is 7.29. The van der Waals surface area contributed by atoms with Crippen LogP contribution in [0.3, 0.4) is 0 Å². The van der Waals surface area contributed by atoms with E-state index in [0.717, 1.165) is 11.6 Å². The molecule has 2 rings (SSSR count). The molecule has 0 aliphatic heterocycles. The van der Waals surface area contributed by atoms with Gasteiger partial charge in [-0.3, -0.25) is 9.59 Å². The Hall–Kier alpha value is -2.54. The van der Waals surface area contributed by atoms with Gasteiger partial charge in [-0.25, -0.2) is 0 Å². The van der Waals surface area contributed by atoms with Gasteiger partial charge in [0.15, 0.2) is 0 Å². The summed E-state index contributed by atoms with van der Waals surface area (Å²) in [7, 11) is 0. The molecular formula is C17H14ClF3N2O2. The summed E-state index contributed by atoms with van der Waals surface area (Å²) in [4.78, 5) is 23.9. The van der Waals surface area contributed by atoms with Crippen molar-refractivity contribution in [2.75, 3.05) is 10.6 Å². The molecule has 2 aromatic carbocycles. The van der Waals surface area contributed by atoms with E-state index in [1.165, 1.54) is 6.07 Å². The van der Waals surface area contributed by atoms with Crippen LogP contribution in [0.4, 0.5) is 24.5 Å². The smallest absolute Gasteiger partial charge is 0.318 e. The number of carbonyl (C=O) groups is 2. The number of halogens is 4. The lowest BCUT2D eigenvalue weighted by Crippen LogP contribution is -2.29. The summed E-state index contributed by atoms with van der Waals surface area (Å²) in [5, 5.41) is 4.07. The van der Waals surface area contributed by atoms with Crippen molar-refractivity contribution in [3.8, 4) is 0 Å². The first-order valence-corrected chi connectivity index (χ1v) is 7.67. The number of hydrogen-bond donors (Lipinski definition) is 2. The molecule has 0 fully saturated rings. The van der Waals surface area contributed by atoms with Crippen molar-refractivity contribution in [2.24, 2.45) is 0 Å². The SMILES string of the molecule is CCc1ccccc1NC(=O)C(=O)Nc1ccc(Cl)c(C(F)(F)F)c1. The summed E-state index contributed by atoms with van der Waals surface area (Å²) in [5.74, 6) is -2.06. The number of hydrogen-bond acceptors (Lipinski definition) is 2. The van der Waals surface area contributed by atoms with Gasteiger partial charge in [0.1, 0.15) is 0 Å². The maximum absolute atomic E-state index is 12.8. The zero-order chi connectivity index (χ0) is 18.6. The molecule has 2 aromatic rings. The highest BCUT2D eigenvalue weighted by Gasteiger charge is 2.33. The molecular weight excluding hydrogens is 357 g/mol. The van der Waals surface area contributed by atoms with E-state index in [-0.39, 0.29) is 5.69 Å². The van der Waals surface area contributed by atoms with Crippen LogP contribution < -0.4 is 10.6 Å². The molecule has 0 saturated carbocycles. The number of benzene rings is 2. The minimum Gasteiger partial charge on any atom is -0.318 e. The molecule has 4 nitrogen and oxygen atoms in total. The van der Waals surface area contributed by atoms with Gasteiger partial charge in [-0.2, -0.15) is 13.2 Å². The molecule has 0 atom stereocenters. The fraction of sp³-hybridized carbons (Fsp3) is 0.176. The summed E-state index contributed by atoms with van der Waals surface area (Å²) < 4.78 is 38.5. The van der Waals surface area contributed by atoms with Crippen LogP contribution in [0.2, 0.25) is 5.02 Å². The molecule has 2 amide bonds. The summed E-state index contributed by atoms with van der Waals surface area (Å²) in [5.41, 5.74) is 0.0242. The summed E-state index contributed by atoms with van der Waals surface area (Å²) in [6, 6.07) is 9.78. The van der Waals surface area contributed by atoms with Crippen molar-refractivity contribution in [1.29, 1.82) is 0 Å². The average molecular weight is 371 g/mol. The van der Waals surface area contributed by atoms with Crippen LogP contribution in [0.5, 0.6) is 0 Å². The second kappa shape index (κ2) is 7.57. The van der Waals surface area contributed by atoms with Crippen LogP contribution in [0, 0.1) is 0 Å². The summed E-state index contributed by atoms with van der Waals surface area (Å²) >= 11 is 5.51. The minimum atomic E-state index is -4.67. The highest BCUT2D eigenvalue weighted by molar-refractivity contribution is 6.43. The maximum Gasteiger partial charge on any atom is 0.417 e. The van der Waals surface area contributed by atoms with Crippen LogP contribution >= 0.6 is 11.6 Å². The fourth-order valence-corrected chi connectivity index (χ4v) is 2.36. The van der Waals surface area contributed by atoms with E-state index in [4.69, 9.17) is 11.6 Å². The molecule has 8 heteroatoms. The lowest BCUT2D eigenvalue weighted by molar-refractivity contribution is -0.137. The van der Waals surface area contributed by atoms with Crippen molar-refractivity contribution < 1.29 is 22.8 Å². The van der Waals surface area contributed by atoms with Gasteiger partial charge in [0, 0.05) is 11.4 Å². The number of alkyl halides is 3. The largest absolute Gasteiger partial charge is 0.417 e. The topological polar surface area (TPSA) is 58.2 Å². The Morgan fingerprint density at radius 2 is 1.68 bits per heavy atom. The minimum absolute atomic E-state index is 0.180. The van der Waals surface area contributed by atoms with Crippen LogP contribution in [-0.4, -0.2) is 11.8 Å². The van der Waals surface area contributed by atoms with Gasteiger partial charge >= 0.3 is 18.0 Å². The van der Waals surface area contributed by atoms with E-state index in [2.05, 4.69) is 10.6 Å². The number of amides is 2. The van der Waals surface area contributed by atoms with Crippen molar-refractivity contribution in [3.63, 3.8) is 0 Å². The maximum atomic E-state index is 12.8. The molecule has 0 radical (unpaired) electrons. The van der Waals surface area contributed by atoms with E-state index in [1.54, 1.807) is 24.3 Å². The standard InChI is InChI=1S/C17H14ClF3N2O2/c1-2-10-5-3-4-6-14(10)23-16(25)15(24)22-11-7-8-13(18)12(9-11)17(19,20)21/h3-9H,2H2,1H3,(H,22,24)(H,23,25). The number of aryl methyl sites for hydroxylation is 1. The molecule has 0 aromatic heterocycles. The average Bonchev–Trinajstić information content (AvgIpc) is 2.56. The van der Waals surface area contributed by atoms with E-state index in [1.807, 2.05) is 6.92 Å². The van der Waals surface area contributed by atoms with Gasteiger partial charge in [0.2, 0.25) is 0 Å². The fourth-order valence-electron chi connectivity index (χ4n) is 2.14. The van der Waals surface area contributed by atoms with Crippen LogP contribution in [0.15, 0.2) is 42.5 Å². The van der Waals surface area contributed by atoms with Gasteiger partial charge in [-0.05, 0) is 36.2 Å². The Kier molecular flexibility index (Phi) is 5.69. The molecule has 0 unspecified atom stereocenters. The molecule has 0 saturated heterocycles. The molecule has 0 spiro atoms. The quantitative estimate of drug-likeness (QED) is 0.782. The van der Waals surface area contributed by atoms with E-state index >= 15 is 0 Å². The molecule has 25 heavy (non-hydrogen) atoms. The van der Waals surface area contributed by atoms with E-state index in [9.17, 15) is 22.8 Å². The predicted octanol–water partition coefficient (Wildman–Crippen LogP) is 4.50. The van der Waals surface area contributed by atoms with Crippen LogP contribution in [0.25, 0.3) is 0 Å². The Labute approximate surface area is 147 Å². The predicted molar refractivity (Wildman–Crippen MR) is 89.5 cm³/mol. The third-order valence-electron chi connectivity index (χ3n) is 3.38. The second-order valence-corrected chi connectivity index (χ2v) is 5.52. The number of nitrogens with one attached hydrogen (secondary N) is 2. The van der Waals surface area contributed by atoms with Crippen LogP contribution in [0.1, 0.15) is 18.1 Å². The Morgan fingerprint density at radius 1 is 1.04 bits per heavy atom. The number of carbonyl (C=O) groups excluding carboxylic acids is 2. The number of para-hydroxylation sites is 1. The van der Waals surface area contributed by atoms with Gasteiger partial charge in [0.25, 0.3) is 0 Å². The molecule has 0 heterocycles. The third-order valence-corrected chi connectivity index (χ3v) is 3.71. The van der Waals surface area contributed by atoms with Crippen LogP contribution in [-0.2, 0) is 22.2 Å². The molecule has 0 aliphatic carbocycles. The Balaban J connectivity index is 2.13.